The first-order valence-electron chi connectivity index (χ1n) is 7.36. The molecule has 1 aliphatic rings. The molecule has 0 unspecified atom stereocenters. The molecule has 0 fully saturated rings. The number of hydrogen-bond acceptors (Lipinski definition) is 4. The summed E-state index contributed by atoms with van der Waals surface area (Å²) >= 11 is 1.71. The van der Waals surface area contributed by atoms with Gasteiger partial charge < -0.3 is 9.84 Å². The number of hydrogen-bond donors (Lipinski definition) is 1. The summed E-state index contributed by atoms with van der Waals surface area (Å²) in [6.45, 7) is 0. The van der Waals surface area contributed by atoms with Crippen molar-refractivity contribution in [2.45, 2.75) is 10.8 Å². The Balaban J connectivity index is 1.51. The van der Waals surface area contributed by atoms with E-state index < -0.39 is 0 Å². The van der Waals surface area contributed by atoms with Gasteiger partial charge in [-0.15, -0.1) is 11.8 Å². The summed E-state index contributed by atoms with van der Waals surface area (Å²) in [6.07, 6.45) is 0. The summed E-state index contributed by atoms with van der Waals surface area (Å²) in [5.41, 5.74) is 2.02. The molecule has 0 bridgehead atoms. The lowest BCUT2D eigenvalue weighted by Crippen LogP contribution is -2.21. The smallest absolute Gasteiger partial charge is 0.234 e. The molecule has 0 saturated heterocycles. The van der Waals surface area contributed by atoms with Gasteiger partial charge in [-0.05, 0) is 11.6 Å². The van der Waals surface area contributed by atoms with Crippen LogP contribution in [0.5, 0.6) is 0 Å². The average molecular weight is 322 g/mol. The van der Waals surface area contributed by atoms with Crippen LogP contribution in [-0.2, 0) is 4.79 Å². The van der Waals surface area contributed by atoms with Gasteiger partial charge in [0, 0.05) is 22.3 Å². The van der Waals surface area contributed by atoms with Crippen LogP contribution in [0, 0.1) is 0 Å². The highest BCUT2D eigenvalue weighted by Crippen LogP contribution is 2.39. The lowest BCUT2D eigenvalue weighted by Gasteiger charge is -2.09. The van der Waals surface area contributed by atoms with Gasteiger partial charge in [0.25, 0.3) is 0 Å². The molecule has 4 nitrogen and oxygen atoms in total. The van der Waals surface area contributed by atoms with E-state index in [-0.39, 0.29) is 11.8 Å². The van der Waals surface area contributed by atoms with Crippen LogP contribution >= 0.6 is 11.8 Å². The zero-order valence-electron chi connectivity index (χ0n) is 12.2. The number of rotatable bonds is 3. The van der Waals surface area contributed by atoms with Crippen molar-refractivity contribution >= 4 is 23.5 Å². The first kappa shape index (κ1) is 14.1. The molecule has 1 N–H and O–H groups in total. The number of nitrogens with zero attached hydrogens (tertiary/aromatic N) is 1. The van der Waals surface area contributed by atoms with Gasteiger partial charge in [0.2, 0.25) is 5.91 Å². The molecular weight excluding hydrogens is 308 g/mol. The maximum Gasteiger partial charge on any atom is 0.234 e. The lowest BCUT2D eigenvalue weighted by molar-refractivity contribution is -0.117. The minimum atomic E-state index is -0.145. The summed E-state index contributed by atoms with van der Waals surface area (Å²) in [4.78, 5) is 13.7. The summed E-state index contributed by atoms with van der Waals surface area (Å²) in [5.74, 6) is 1.66. The molecule has 0 radical (unpaired) electrons. The number of carbonyl (C=O) groups is 1. The van der Waals surface area contributed by atoms with Crippen molar-refractivity contribution in [3.63, 3.8) is 0 Å². The fourth-order valence-corrected chi connectivity index (χ4v) is 3.89. The van der Waals surface area contributed by atoms with Gasteiger partial charge in [-0.25, -0.2) is 0 Å². The fourth-order valence-electron chi connectivity index (χ4n) is 2.67. The first-order chi connectivity index (χ1) is 11.3. The predicted molar refractivity (Wildman–Crippen MR) is 90.5 cm³/mol. The minimum Gasteiger partial charge on any atom is -0.354 e. The van der Waals surface area contributed by atoms with Crippen LogP contribution in [-0.4, -0.2) is 16.8 Å². The number of carbonyl (C=O) groups excluding carboxylic acids is 1. The molecule has 1 amide bonds. The van der Waals surface area contributed by atoms with Crippen molar-refractivity contribution in [2.24, 2.45) is 0 Å². The number of thioether (sulfide) groups is 1. The third kappa shape index (κ3) is 2.75. The van der Waals surface area contributed by atoms with Gasteiger partial charge in [0.1, 0.15) is 0 Å². The Hall–Kier alpha value is -2.53. The van der Waals surface area contributed by atoms with Gasteiger partial charge in [-0.3, -0.25) is 4.79 Å². The quantitative estimate of drug-likeness (QED) is 0.786. The molecular formula is C18H14N2O2S. The highest BCUT2D eigenvalue weighted by molar-refractivity contribution is 7.99. The summed E-state index contributed by atoms with van der Waals surface area (Å²) in [6, 6.07) is 19.5. The van der Waals surface area contributed by atoms with Crippen molar-refractivity contribution in [1.29, 1.82) is 0 Å². The van der Waals surface area contributed by atoms with Crippen molar-refractivity contribution in [1.82, 2.24) is 5.16 Å². The van der Waals surface area contributed by atoms with Crippen LogP contribution in [0.15, 0.2) is 70.1 Å². The van der Waals surface area contributed by atoms with Crippen LogP contribution in [0.3, 0.4) is 0 Å². The Morgan fingerprint density at radius 2 is 1.91 bits per heavy atom. The largest absolute Gasteiger partial charge is 0.354 e. The summed E-state index contributed by atoms with van der Waals surface area (Å²) in [5, 5.41) is 6.80. The molecule has 1 aromatic heterocycles. The molecule has 0 spiro atoms. The third-order valence-corrected chi connectivity index (χ3v) is 5.02. The molecule has 23 heavy (non-hydrogen) atoms. The maximum atomic E-state index is 12.5. The number of anilines is 1. The van der Waals surface area contributed by atoms with Gasteiger partial charge in [-0.2, -0.15) is 0 Å². The van der Waals surface area contributed by atoms with Crippen LogP contribution < -0.4 is 5.32 Å². The maximum absolute atomic E-state index is 12.5. The Labute approximate surface area is 137 Å². The zero-order chi connectivity index (χ0) is 15.6. The van der Waals surface area contributed by atoms with E-state index in [2.05, 4.69) is 16.5 Å². The molecule has 0 saturated carbocycles. The van der Waals surface area contributed by atoms with Crippen molar-refractivity contribution in [2.75, 3.05) is 11.1 Å². The number of amides is 1. The molecule has 5 heteroatoms. The molecule has 114 valence electrons. The Morgan fingerprint density at radius 3 is 2.78 bits per heavy atom. The van der Waals surface area contributed by atoms with E-state index in [9.17, 15) is 4.79 Å². The highest BCUT2D eigenvalue weighted by Gasteiger charge is 2.29. The second kappa shape index (κ2) is 5.93. The normalized spacial score (nSPS) is 16.1. The molecule has 1 aliphatic heterocycles. The zero-order valence-corrected chi connectivity index (χ0v) is 13.0. The summed E-state index contributed by atoms with van der Waals surface area (Å²) < 4.78 is 5.31. The van der Waals surface area contributed by atoms with Crippen LogP contribution in [0.25, 0.3) is 11.3 Å². The van der Waals surface area contributed by atoms with E-state index >= 15 is 0 Å². The minimum absolute atomic E-state index is 0.0460. The van der Waals surface area contributed by atoms with Gasteiger partial charge in [0.05, 0.1) is 5.92 Å². The second-order valence-corrected chi connectivity index (χ2v) is 6.39. The van der Waals surface area contributed by atoms with Gasteiger partial charge >= 0.3 is 0 Å². The van der Waals surface area contributed by atoms with Crippen LogP contribution in [0.1, 0.15) is 11.5 Å². The van der Waals surface area contributed by atoms with Crippen molar-refractivity contribution in [3.8, 4) is 11.3 Å². The van der Waals surface area contributed by atoms with Crippen molar-refractivity contribution in [3.05, 3.63) is 66.2 Å². The third-order valence-electron chi connectivity index (χ3n) is 3.84. The number of fused-ring (bicyclic) bond motifs is 1. The summed E-state index contributed by atoms with van der Waals surface area (Å²) in [7, 11) is 0. The van der Waals surface area contributed by atoms with E-state index in [1.807, 2.05) is 48.5 Å². The lowest BCUT2D eigenvalue weighted by atomic mass is 10.0. The standard InChI is InChI=1S/C18H14N2O2S/c21-18(14-11-23-16-9-5-4-8-13(14)16)19-17-10-15(22-20-17)12-6-2-1-3-7-12/h1-10,14H,11H2,(H,19,20,21)/t14-/m1/s1. The number of aromatic nitrogens is 1. The number of nitrogens with one attached hydrogen (secondary N) is 1. The molecule has 4 rings (SSSR count). The van der Waals surface area contributed by atoms with Crippen LogP contribution in [0.4, 0.5) is 5.82 Å². The van der Waals surface area contributed by atoms with Crippen molar-refractivity contribution < 1.29 is 9.32 Å². The van der Waals surface area contributed by atoms with E-state index in [1.54, 1.807) is 17.8 Å². The molecule has 2 aromatic carbocycles. The van der Waals surface area contributed by atoms with E-state index in [4.69, 9.17) is 4.52 Å². The first-order valence-corrected chi connectivity index (χ1v) is 8.34. The fraction of sp³-hybridized carbons (Fsp3) is 0.111. The Morgan fingerprint density at radius 1 is 1.13 bits per heavy atom. The molecule has 2 heterocycles. The SMILES string of the molecule is O=C(Nc1cc(-c2ccccc2)on1)[C@@H]1CSc2ccccc21. The van der Waals surface area contributed by atoms with Gasteiger partial charge in [0.15, 0.2) is 11.6 Å². The van der Waals surface area contributed by atoms with Crippen LogP contribution in [0.2, 0.25) is 0 Å². The molecule has 3 aromatic rings. The Bertz CT molecular complexity index is 845. The predicted octanol–water partition coefficient (Wildman–Crippen LogP) is 4.17. The molecule has 0 aliphatic carbocycles. The molecule has 1 atom stereocenters. The Kier molecular flexibility index (Phi) is 3.63. The van der Waals surface area contributed by atoms with E-state index in [1.165, 1.54) is 4.90 Å². The highest BCUT2D eigenvalue weighted by atomic mass is 32.2. The van der Waals surface area contributed by atoms with E-state index in [0.29, 0.717) is 11.6 Å². The monoisotopic (exact) mass is 322 g/mol. The van der Waals surface area contributed by atoms with Gasteiger partial charge in [-0.1, -0.05) is 53.7 Å². The second-order valence-electron chi connectivity index (χ2n) is 5.33. The topological polar surface area (TPSA) is 55.1 Å². The average Bonchev–Trinajstić information content (AvgIpc) is 3.22. The van der Waals surface area contributed by atoms with E-state index in [0.717, 1.165) is 16.9 Å². The number of benzene rings is 2.